The lowest BCUT2D eigenvalue weighted by molar-refractivity contribution is 0.0728. The number of ether oxygens (including phenoxy) is 2. The van der Waals surface area contributed by atoms with Crippen LogP contribution in [-0.4, -0.2) is 88.5 Å². The van der Waals surface area contributed by atoms with Crippen LogP contribution in [0.4, 0.5) is 10.2 Å². The Kier molecular flexibility index (Phi) is 5.48. The monoisotopic (exact) mass is 492 g/mol. The molecule has 36 heavy (non-hydrogen) atoms. The van der Waals surface area contributed by atoms with Gasteiger partial charge in [0.15, 0.2) is 5.82 Å². The summed E-state index contributed by atoms with van der Waals surface area (Å²) in [5.74, 6) is 2.28. The molecule has 4 aliphatic heterocycles. The van der Waals surface area contributed by atoms with E-state index in [0.717, 1.165) is 85.8 Å². The number of aryl methyl sites for hydroxylation is 2. The Morgan fingerprint density at radius 1 is 1.00 bits per heavy atom. The van der Waals surface area contributed by atoms with Crippen LogP contribution in [0.15, 0.2) is 24.4 Å². The molecule has 0 aliphatic carbocycles. The van der Waals surface area contributed by atoms with Crippen molar-refractivity contribution in [3.8, 4) is 5.82 Å². The van der Waals surface area contributed by atoms with E-state index >= 15 is 4.39 Å². The van der Waals surface area contributed by atoms with E-state index in [1.165, 1.54) is 0 Å². The summed E-state index contributed by atoms with van der Waals surface area (Å²) in [6.07, 6.45) is 4.16. The van der Waals surface area contributed by atoms with Gasteiger partial charge in [-0.3, -0.25) is 4.90 Å². The van der Waals surface area contributed by atoms with Crippen molar-refractivity contribution >= 4 is 16.7 Å². The number of morpholine rings is 1. The second-order valence-corrected chi connectivity index (χ2v) is 10.9. The van der Waals surface area contributed by atoms with Crippen LogP contribution in [0, 0.1) is 13.8 Å². The van der Waals surface area contributed by atoms with Crippen LogP contribution in [0.5, 0.6) is 0 Å². The number of alkyl halides is 1. The van der Waals surface area contributed by atoms with Gasteiger partial charge in [-0.2, -0.15) is 5.10 Å². The molecular weight excluding hydrogens is 459 g/mol. The fourth-order valence-electron chi connectivity index (χ4n) is 6.68. The standard InChI is InChI=1S/C27H33FN6O2/c1-16-7-18-11-29-34(27-10-26(30-17(2)31-27)33-12-21-8-20(33)15-36-21)25(18)9-23(16)22-3-5-32(13-24(22)28)19-4-6-35-14-19/h7,9-11,19-22,24H,3-6,8,12-15H2,1-2H3/t19?,20-,21-,22?,24?/m1/s1. The highest BCUT2D eigenvalue weighted by Gasteiger charge is 2.40. The van der Waals surface area contributed by atoms with E-state index in [0.29, 0.717) is 30.6 Å². The van der Waals surface area contributed by atoms with Crippen molar-refractivity contribution in [1.82, 2.24) is 24.6 Å². The third kappa shape index (κ3) is 3.79. The smallest absolute Gasteiger partial charge is 0.159 e. The van der Waals surface area contributed by atoms with Crippen molar-refractivity contribution in [2.45, 2.75) is 63.4 Å². The van der Waals surface area contributed by atoms with Gasteiger partial charge in [0.25, 0.3) is 0 Å². The average molecular weight is 493 g/mol. The molecular formula is C27H33FN6O2. The average Bonchev–Trinajstić information content (AvgIpc) is 3.68. The van der Waals surface area contributed by atoms with Crippen LogP contribution in [0.2, 0.25) is 0 Å². The van der Waals surface area contributed by atoms with Crippen LogP contribution in [-0.2, 0) is 9.47 Å². The number of anilines is 1. The van der Waals surface area contributed by atoms with Crippen molar-refractivity contribution in [3.05, 3.63) is 41.3 Å². The predicted octanol–water partition coefficient (Wildman–Crippen LogP) is 3.33. The minimum absolute atomic E-state index is 0.112. The van der Waals surface area contributed by atoms with Crippen molar-refractivity contribution in [1.29, 1.82) is 0 Å². The Morgan fingerprint density at radius 3 is 2.64 bits per heavy atom. The van der Waals surface area contributed by atoms with Crippen LogP contribution in [0.1, 0.15) is 42.1 Å². The highest BCUT2D eigenvalue weighted by molar-refractivity contribution is 5.82. The second-order valence-electron chi connectivity index (χ2n) is 10.9. The molecule has 9 heteroatoms. The largest absolute Gasteiger partial charge is 0.380 e. The van der Waals surface area contributed by atoms with Crippen molar-refractivity contribution in [2.75, 3.05) is 44.4 Å². The Balaban J connectivity index is 1.21. The van der Waals surface area contributed by atoms with Crippen molar-refractivity contribution in [2.24, 2.45) is 0 Å². The Morgan fingerprint density at radius 2 is 1.89 bits per heavy atom. The molecule has 6 heterocycles. The number of hydrogen-bond donors (Lipinski definition) is 0. The van der Waals surface area contributed by atoms with Crippen LogP contribution < -0.4 is 4.90 Å². The molecule has 1 aromatic carbocycles. The van der Waals surface area contributed by atoms with Crippen LogP contribution in [0.25, 0.3) is 16.7 Å². The maximum absolute atomic E-state index is 15.6. The Labute approximate surface area is 210 Å². The number of nitrogens with zero attached hydrogens (tertiary/aromatic N) is 6. The van der Waals surface area contributed by atoms with Crippen molar-refractivity contribution < 1.29 is 13.9 Å². The van der Waals surface area contributed by atoms with Gasteiger partial charge >= 0.3 is 0 Å². The first-order chi connectivity index (χ1) is 17.5. The minimum atomic E-state index is -0.896. The van der Waals surface area contributed by atoms with Gasteiger partial charge in [0, 0.05) is 43.1 Å². The number of piperidine rings is 1. The molecule has 0 spiro atoms. The predicted molar refractivity (Wildman–Crippen MR) is 135 cm³/mol. The van der Waals surface area contributed by atoms with Gasteiger partial charge in [-0.1, -0.05) is 0 Å². The molecule has 0 N–H and O–H groups in total. The first-order valence-corrected chi connectivity index (χ1v) is 13.2. The number of hydrogen-bond acceptors (Lipinski definition) is 7. The van der Waals surface area contributed by atoms with Gasteiger partial charge in [0.2, 0.25) is 0 Å². The third-order valence-corrected chi connectivity index (χ3v) is 8.57. The summed E-state index contributed by atoms with van der Waals surface area (Å²) >= 11 is 0. The topological polar surface area (TPSA) is 68.5 Å². The lowest BCUT2D eigenvalue weighted by Crippen LogP contribution is -2.46. The summed E-state index contributed by atoms with van der Waals surface area (Å²) in [6.45, 7) is 8.55. The number of aromatic nitrogens is 4. The van der Waals surface area contributed by atoms with E-state index in [9.17, 15) is 0 Å². The normalized spacial score (nSPS) is 30.6. The molecule has 5 atom stereocenters. The molecule has 8 nitrogen and oxygen atoms in total. The maximum atomic E-state index is 15.6. The molecule has 4 fully saturated rings. The third-order valence-electron chi connectivity index (χ3n) is 8.57. The molecule has 3 aromatic rings. The molecule has 7 rings (SSSR count). The number of rotatable bonds is 4. The summed E-state index contributed by atoms with van der Waals surface area (Å²) in [4.78, 5) is 14.1. The fourth-order valence-corrected chi connectivity index (χ4v) is 6.68. The Hall–Kier alpha value is -2.62. The van der Waals surface area contributed by atoms with Gasteiger partial charge in [-0.15, -0.1) is 0 Å². The fraction of sp³-hybridized carbons (Fsp3) is 0.593. The van der Waals surface area contributed by atoms with Crippen molar-refractivity contribution in [3.63, 3.8) is 0 Å². The SMILES string of the molecule is Cc1nc(N2C[C@H]3C[C@@H]2CO3)cc(-n2ncc3cc(C)c(C4CCN(C5CCOC5)CC4F)cc32)n1. The molecule has 2 aromatic heterocycles. The molecule has 0 amide bonds. The molecule has 2 bridgehead atoms. The van der Waals surface area contributed by atoms with E-state index in [1.807, 2.05) is 23.9 Å². The lowest BCUT2D eigenvalue weighted by atomic mass is 9.84. The Bertz CT molecular complexity index is 1290. The zero-order valence-electron chi connectivity index (χ0n) is 20.9. The van der Waals surface area contributed by atoms with Gasteiger partial charge in [0.1, 0.15) is 17.8 Å². The zero-order chi connectivity index (χ0) is 24.4. The summed E-state index contributed by atoms with van der Waals surface area (Å²) in [7, 11) is 0. The lowest BCUT2D eigenvalue weighted by Gasteiger charge is -2.38. The number of likely N-dealkylation sites (tertiary alicyclic amines) is 1. The molecule has 4 aliphatic rings. The van der Waals surface area contributed by atoms with E-state index in [4.69, 9.17) is 24.5 Å². The molecule has 0 saturated carbocycles. The van der Waals surface area contributed by atoms with Gasteiger partial charge in [-0.05, 0) is 62.9 Å². The summed E-state index contributed by atoms with van der Waals surface area (Å²) in [5.41, 5.74) is 3.17. The van der Waals surface area contributed by atoms with Crippen LogP contribution >= 0.6 is 0 Å². The van der Waals surface area contributed by atoms with Gasteiger partial charge < -0.3 is 14.4 Å². The van der Waals surface area contributed by atoms with E-state index < -0.39 is 6.17 Å². The van der Waals surface area contributed by atoms with E-state index in [1.54, 1.807) is 0 Å². The van der Waals surface area contributed by atoms with E-state index in [2.05, 4.69) is 28.9 Å². The van der Waals surface area contributed by atoms with E-state index in [-0.39, 0.29) is 5.92 Å². The minimum Gasteiger partial charge on any atom is -0.380 e. The number of benzene rings is 1. The molecule has 4 saturated heterocycles. The van der Waals surface area contributed by atoms with Crippen LogP contribution in [0.3, 0.4) is 0 Å². The molecule has 3 unspecified atom stereocenters. The number of fused-ring (bicyclic) bond motifs is 3. The molecule has 190 valence electrons. The molecule has 0 radical (unpaired) electrons. The summed E-state index contributed by atoms with van der Waals surface area (Å²) in [6, 6.07) is 7.06. The summed E-state index contributed by atoms with van der Waals surface area (Å²) in [5, 5.41) is 5.74. The van der Waals surface area contributed by atoms with Gasteiger partial charge in [-0.25, -0.2) is 19.0 Å². The zero-order valence-corrected chi connectivity index (χ0v) is 20.9. The first kappa shape index (κ1) is 22.6. The number of halogens is 1. The highest BCUT2D eigenvalue weighted by atomic mass is 19.1. The summed E-state index contributed by atoms with van der Waals surface area (Å²) < 4.78 is 28.8. The first-order valence-electron chi connectivity index (χ1n) is 13.2. The maximum Gasteiger partial charge on any atom is 0.159 e. The highest BCUT2D eigenvalue weighted by Crippen LogP contribution is 2.37. The van der Waals surface area contributed by atoms with Gasteiger partial charge in [0.05, 0.1) is 37.1 Å². The quantitative estimate of drug-likeness (QED) is 0.553. The second kappa shape index (κ2) is 8.75.